The molecule has 21 heavy (non-hydrogen) atoms. The predicted molar refractivity (Wildman–Crippen MR) is 83.9 cm³/mol. The van der Waals surface area contributed by atoms with Gasteiger partial charge in [-0.25, -0.2) is 13.1 Å². The van der Waals surface area contributed by atoms with Crippen molar-refractivity contribution in [2.45, 2.75) is 55.9 Å². The first kappa shape index (κ1) is 15.0. The SMILES string of the molecule is O=S(=O)(NCC1CCCCN1)c1ccc2c(c1)CCCC2. The highest BCUT2D eigenvalue weighted by atomic mass is 32.2. The highest BCUT2D eigenvalue weighted by Gasteiger charge is 2.20. The van der Waals surface area contributed by atoms with Gasteiger partial charge >= 0.3 is 0 Å². The van der Waals surface area contributed by atoms with E-state index in [2.05, 4.69) is 10.0 Å². The van der Waals surface area contributed by atoms with Crippen LogP contribution in [0.5, 0.6) is 0 Å². The molecule has 0 radical (unpaired) electrons. The Morgan fingerprint density at radius 3 is 2.67 bits per heavy atom. The molecule has 1 fully saturated rings. The van der Waals surface area contributed by atoms with Crippen LogP contribution in [-0.2, 0) is 22.9 Å². The molecule has 1 aromatic rings. The maximum absolute atomic E-state index is 12.4. The summed E-state index contributed by atoms with van der Waals surface area (Å²) in [6.07, 6.45) is 7.87. The monoisotopic (exact) mass is 308 g/mol. The Hall–Kier alpha value is -0.910. The zero-order valence-electron chi connectivity index (χ0n) is 12.4. The first-order valence-electron chi connectivity index (χ1n) is 8.00. The van der Waals surface area contributed by atoms with Crippen LogP contribution < -0.4 is 10.0 Å². The van der Waals surface area contributed by atoms with Crippen LogP contribution in [0.3, 0.4) is 0 Å². The summed E-state index contributed by atoms with van der Waals surface area (Å²) in [6.45, 7) is 1.48. The summed E-state index contributed by atoms with van der Waals surface area (Å²) in [6, 6.07) is 5.87. The van der Waals surface area contributed by atoms with Gasteiger partial charge in [0.2, 0.25) is 10.0 Å². The minimum atomic E-state index is -3.38. The fourth-order valence-electron chi connectivity index (χ4n) is 3.27. The Morgan fingerprint density at radius 1 is 1.10 bits per heavy atom. The Balaban J connectivity index is 1.69. The molecular weight excluding hydrogens is 284 g/mol. The van der Waals surface area contributed by atoms with Gasteiger partial charge in [0.1, 0.15) is 0 Å². The topological polar surface area (TPSA) is 58.2 Å². The second-order valence-electron chi connectivity index (χ2n) is 6.14. The van der Waals surface area contributed by atoms with Gasteiger partial charge in [-0.3, -0.25) is 0 Å². The average molecular weight is 308 g/mol. The van der Waals surface area contributed by atoms with E-state index < -0.39 is 10.0 Å². The highest BCUT2D eigenvalue weighted by Crippen LogP contribution is 2.24. The van der Waals surface area contributed by atoms with Crippen LogP contribution in [0.4, 0.5) is 0 Å². The lowest BCUT2D eigenvalue weighted by Gasteiger charge is -2.23. The van der Waals surface area contributed by atoms with Crippen molar-refractivity contribution in [3.8, 4) is 0 Å². The number of hydrogen-bond donors (Lipinski definition) is 2. The standard InChI is InChI=1S/C16H24N2O2S/c19-21(20,18-12-15-7-3-4-10-17-15)16-9-8-13-5-1-2-6-14(13)11-16/h8-9,11,15,17-18H,1-7,10,12H2. The maximum Gasteiger partial charge on any atom is 0.240 e. The molecule has 0 bridgehead atoms. The molecule has 0 aromatic heterocycles. The lowest BCUT2D eigenvalue weighted by molar-refractivity contribution is 0.398. The maximum atomic E-state index is 12.4. The van der Waals surface area contributed by atoms with Gasteiger partial charge in [0, 0.05) is 12.6 Å². The lowest BCUT2D eigenvalue weighted by Crippen LogP contribution is -2.43. The molecule has 1 aliphatic carbocycles. The van der Waals surface area contributed by atoms with Gasteiger partial charge in [-0.15, -0.1) is 0 Å². The molecule has 116 valence electrons. The summed E-state index contributed by atoms with van der Waals surface area (Å²) in [5, 5.41) is 3.37. The van der Waals surface area contributed by atoms with Gasteiger partial charge in [-0.2, -0.15) is 0 Å². The first-order valence-corrected chi connectivity index (χ1v) is 9.48. The minimum Gasteiger partial charge on any atom is -0.313 e. The van der Waals surface area contributed by atoms with Crippen molar-refractivity contribution in [3.05, 3.63) is 29.3 Å². The van der Waals surface area contributed by atoms with Gasteiger partial charge in [0.05, 0.1) is 4.90 Å². The van der Waals surface area contributed by atoms with E-state index in [1.165, 1.54) is 30.4 Å². The van der Waals surface area contributed by atoms with Crippen LogP contribution in [-0.4, -0.2) is 27.5 Å². The van der Waals surface area contributed by atoms with E-state index in [1.54, 1.807) is 6.07 Å². The summed E-state index contributed by atoms with van der Waals surface area (Å²) >= 11 is 0. The number of benzene rings is 1. The first-order chi connectivity index (χ1) is 10.1. The summed E-state index contributed by atoms with van der Waals surface area (Å²) in [4.78, 5) is 0.416. The molecule has 1 atom stereocenters. The Kier molecular flexibility index (Phi) is 4.62. The van der Waals surface area contributed by atoms with Gasteiger partial charge in [0.15, 0.2) is 0 Å². The van der Waals surface area contributed by atoms with Crippen molar-refractivity contribution < 1.29 is 8.42 Å². The molecule has 0 spiro atoms. The third kappa shape index (κ3) is 3.65. The molecule has 0 amide bonds. The zero-order chi connectivity index (χ0) is 14.7. The molecule has 4 nitrogen and oxygen atoms in total. The van der Waals surface area contributed by atoms with Gasteiger partial charge in [0.25, 0.3) is 0 Å². The predicted octanol–water partition coefficient (Wildman–Crippen LogP) is 1.99. The van der Waals surface area contributed by atoms with Crippen LogP contribution in [0, 0.1) is 0 Å². The minimum absolute atomic E-state index is 0.270. The largest absolute Gasteiger partial charge is 0.313 e. The summed E-state index contributed by atoms with van der Waals surface area (Å²) in [7, 11) is -3.38. The number of sulfonamides is 1. The summed E-state index contributed by atoms with van der Waals surface area (Å²) < 4.78 is 27.6. The van der Waals surface area contributed by atoms with E-state index in [0.717, 1.165) is 32.2 Å². The second kappa shape index (κ2) is 6.46. The van der Waals surface area contributed by atoms with E-state index in [9.17, 15) is 8.42 Å². The molecule has 1 saturated heterocycles. The number of rotatable bonds is 4. The molecule has 5 heteroatoms. The van der Waals surface area contributed by atoms with Crippen molar-refractivity contribution in [2.75, 3.05) is 13.1 Å². The van der Waals surface area contributed by atoms with Crippen molar-refractivity contribution in [3.63, 3.8) is 0 Å². The van der Waals surface area contributed by atoms with Crippen LogP contribution in [0.15, 0.2) is 23.1 Å². The third-order valence-corrected chi connectivity index (χ3v) is 5.98. The zero-order valence-corrected chi connectivity index (χ0v) is 13.2. The summed E-state index contributed by atoms with van der Waals surface area (Å²) in [5.74, 6) is 0. The number of fused-ring (bicyclic) bond motifs is 1. The molecule has 1 heterocycles. The normalized spacial score (nSPS) is 22.8. The van der Waals surface area contributed by atoms with Crippen LogP contribution in [0.1, 0.15) is 43.2 Å². The van der Waals surface area contributed by atoms with Crippen LogP contribution in [0.2, 0.25) is 0 Å². The van der Waals surface area contributed by atoms with E-state index in [1.807, 2.05) is 12.1 Å². The smallest absolute Gasteiger partial charge is 0.240 e. The number of piperidine rings is 1. The highest BCUT2D eigenvalue weighted by molar-refractivity contribution is 7.89. The molecule has 2 aliphatic rings. The molecule has 3 rings (SSSR count). The molecule has 1 aliphatic heterocycles. The number of nitrogens with one attached hydrogen (secondary N) is 2. The van der Waals surface area contributed by atoms with Gasteiger partial charge in [-0.1, -0.05) is 12.5 Å². The van der Waals surface area contributed by atoms with E-state index in [-0.39, 0.29) is 6.04 Å². The van der Waals surface area contributed by atoms with E-state index in [0.29, 0.717) is 11.4 Å². The molecule has 1 unspecified atom stereocenters. The summed E-state index contributed by atoms with van der Waals surface area (Å²) in [5.41, 5.74) is 2.52. The van der Waals surface area contributed by atoms with Crippen molar-refractivity contribution in [2.24, 2.45) is 0 Å². The lowest BCUT2D eigenvalue weighted by atomic mass is 9.92. The number of hydrogen-bond acceptors (Lipinski definition) is 3. The second-order valence-corrected chi connectivity index (χ2v) is 7.90. The Morgan fingerprint density at radius 2 is 1.90 bits per heavy atom. The molecular formula is C16H24N2O2S. The molecule has 1 aromatic carbocycles. The van der Waals surface area contributed by atoms with Gasteiger partial charge in [-0.05, 0) is 68.3 Å². The van der Waals surface area contributed by atoms with E-state index in [4.69, 9.17) is 0 Å². The van der Waals surface area contributed by atoms with Crippen LogP contribution in [0.25, 0.3) is 0 Å². The third-order valence-electron chi connectivity index (χ3n) is 4.56. The van der Waals surface area contributed by atoms with Crippen molar-refractivity contribution in [1.82, 2.24) is 10.0 Å². The molecule has 2 N–H and O–H groups in total. The van der Waals surface area contributed by atoms with Crippen molar-refractivity contribution in [1.29, 1.82) is 0 Å². The van der Waals surface area contributed by atoms with E-state index >= 15 is 0 Å². The van der Waals surface area contributed by atoms with Crippen molar-refractivity contribution >= 4 is 10.0 Å². The average Bonchev–Trinajstić information content (AvgIpc) is 2.53. The quantitative estimate of drug-likeness (QED) is 0.894. The Labute approximate surface area is 127 Å². The fraction of sp³-hybridized carbons (Fsp3) is 0.625. The molecule has 0 saturated carbocycles. The Bertz CT molecular complexity index is 592. The van der Waals surface area contributed by atoms with Gasteiger partial charge < -0.3 is 5.32 Å². The van der Waals surface area contributed by atoms with Crippen LogP contribution >= 0.6 is 0 Å². The fourth-order valence-corrected chi connectivity index (χ4v) is 4.40. The number of aryl methyl sites for hydroxylation is 2.